The van der Waals surface area contributed by atoms with Crippen molar-refractivity contribution >= 4 is 11.4 Å². The molecule has 4 nitrogen and oxygen atoms in total. The predicted octanol–water partition coefficient (Wildman–Crippen LogP) is 2.95. The normalized spacial score (nSPS) is 10.5. The van der Waals surface area contributed by atoms with Crippen LogP contribution in [-0.4, -0.2) is 14.2 Å². The Bertz CT molecular complexity index is 581. The topological polar surface area (TPSA) is 51.6 Å². The first-order chi connectivity index (χ1) is 9.02. The molecule has 0 spiro atoms. The van der Waals surface area contributed by atoms with Gasteiger partial charge >= 0.3 is 0 Å². The van der Waals surface area contributed by atoms with Crippen molar-refractivity contribution in [1.82, 2.24) is 0 Å². The van der Waals surface area contributed by atoms with Gasteiger partial charge in [0.2, 0.25) is 0 Å². The molecule has 0 fully saturated rings. The van der Waals surface area contributed by atoms with Gasteiger partial charge in [-0.05, 0) is 13.0 Å². The quantitative estimate of drug-likeness (QED) is 0.863. The lowest BCUT2D eigenvalue weighted by molar-refractivity contribution is 0.387. The monoisotopic (exact) mass is 264 g/mol. The molecule has 0 unspecified atom stereocenters. The number of aryl methyl sites for hydroxylation is 1. The van der Waals surface area contributed by atoms with E-state index in [1.807, 2.05) is 24.9 Å². The van der Waals surface area contributed by atoms with Crippen LogP contribution < -0.4 is 15.4 Å². The summed E-state index contributed by atoms with van der Waals surface area (Å²) >= 11 is 0. The molecule has 0 aliphatic carbocycles. The third-order valence-electron chi connectivity index (χ3n) is 3.09. The van der Waals surface area contributed by atoms with Crippen LogP contribution >= 0.6 is 0 Å². The molecule has 19 heavy (non-hydrogen) atoms. The number of nitrogens with two attached hydrogens (primary N) is 1. The van der Waals surface area contributed by atoms with Crippen LogP contribution in [0.4, 0.5) is 15.8 Å². The summed E-state index contributed by atoms with van der Waals surface area (Å²) in [6, 6.07) is 4.77. The number of hydrogen-bond acceptors (Lipinski definition) is 4. The molecule has 0 saturated heterocycles. The Labute approximate surface area is 111 Å². The number of benzene rings is 1. The van der Waals surface area contributed by atoms with E-state index in [2.05, 4.69) is 0 Å². The van der Waals surface area contributed by atoms with Crippen LogP contribution in [0.3, 0.4) is 0 Å². The molecule has 0 atom stereocenters. The zero-order chi connectivity index (χ0) is 14.0. The van der Waals surface area contributed by atoms with Crippen LogP contribution in [0.5, 0.6) is 5.75 Å². The van der Waals surface area contributed by atoms with Gasteiger partial charge in [0, 0.05) is 31.3 Å². The minimum absolute atomic E-state index is 0.181. The van der Waals surface area contributed by atoms with Crippen molar-refractivity contribution < 1.29 is 13.5 Å². The maximum absolute atomic E-state index is 13.5. The van der Waals surface area contributed by atoms with Crippen molar-refractivity contribution in [2.45, 2.75) is 13.5 Å². The van der Waals surface area contributed by atoms with Crippen LogP contribution in [-0.2, 0) is 6.54 Å². The van der Waals surface area contributed by atoms with Gasteiger partial charge in [-0.25, -0.2) is 4.39 Å². The Balaban J connectivity index is 2.28. The maximum Gasteiger partial charge on any atom is 0.167 e. The molecule has 2 rings (SSSR count). The Morgan fingerprint density at radius 2 is 2.16 bits per heavy atom. The van der Waals surface area contributed by atoms with Crippen molar-refractivity contribution in [3.8, 4) is 5.75 Å². The number of methoxy groups -OCH3 is 1. The van der Waals surface area contributed by atoms with Gasteiger partial charge in [-0.1, -0.05) is 0 Å². The number of rotatable bonds is 4. The number of hydrogen-bond donors (Lipinski definition) is 1. The van der Waals surface area contributed by atoms with Gasteiger partial charge in [0.15, 0.2) is 11.6 Å². The van der Waals surface area contributed by atoms with Crippen LogP contribution in [0.1, 0.15) is 11.3 Å². The fraction of sp³-hybridized carbons (Fsp3) is 0.286. The van der Waals surface area contributed by atoms with E-state index in [0.29, 0.717) is 12.2 Å². The molecule has 1 heterocycles. The number of halogens is 1. The van der Waals surface area contributed by atoms with E-state index in [9.17, 15) is 4.39 Å². The summed E-state index contributed by atoms with van der Waals surface area (Å²) in [4.78, 5) is 1.93. The molecule has 0 aliphatic heterocycles. The molecule has 2 N–H and O–H groups in total. The van der Waals surface area contributed by atoms with Gasteiger partial charge in [0.05, 0.1) is 24.7 Å². The maximum atomic E-state index is 13.5. The highest BCUT2D eigenvalue weighted by Crippen LogP contribution is 2.31. The van der Waals surface area contributed by atoms with Crippen molar-refractivity contribution in [2.24, 2.45) is 0 Å². The van der Waals surface area contributed by atoms with Crippen LogP contribution in [0.2, 0.25) is 0 Å². The minimum Gasteiger partial charge on any atom is -0.494 e. The smallest absolute Gasteiger partial charge is 0.167 e. The average molecular weight is 264 g/mol. The van der Waals surface area contributed by atoms with Crippen LogP contribution in [0, 0.1) is 12.7 Å². The van der Waals surface area contributed by atoms with Crippen molar-refractivity contribution in [1.29, 1.82) is 0 Å². The second-order valence-corrected chi connectivity index (χ2v) is 4.40. The van der Waals surface area contributed by atoms with Crippen LogP contribution in [0.15, 0.2) is 28.9 Å². The highest BCUT2D eigenvalue weighted by molar-refractivity contribution is 5.69. The third-order valence-corrected chi connectivity index (χ3v) is 3.09. The van der Waals surface area contributed by atoms with Gasteiger partial charge in [0.25, 0.3) is 0 Å². The SMILES string of the molecule is COc1cc(N(C)Cc2ccoc2C)c(N)cc1F. The van der Waals surface area contributed by atoms with Gasteiger partial charge in [-0.2, -0.15) is 0 Å². The first-order valence-electron chi connectivity index (χ1n) is 5.90. The number of furan rings is 1. The molecule has 5 heteroatoms. The van der Waals surface area contributed by atoms with E-state index < -0.39 is 5.82 Å². The predicted molar refractivity (Wildman–Crippen MR) is 72.9 cm³/mol. The van der Waals surface area contributed by atoms with Gasteiger partial charge in [0.1, 0.15) is 5.76 Å². The number of ether oxygens (including phenoxy) is 1. The number of anilines is 2. The van der Waals surface area contributed by atoms with Gasteiger partial charge in [-0.3, -0.25) is 0 Å². The van der Waals surface area contributed by atoms with Crippen molar-refractivity contribution in [3.63, 3.8) is 0 Å². The lowest BCUT2D eigenvalue weighted by atomic mass is 10.2. The largest absolute Gasteiger partial charge is 0.494 e. The third kappa shape index (κ3) is 2.65. The zero-order valence-corrected chi connectivity index (χ0v) is 11.2. The lowest BCUT2D eigenvalue weighted by Crippen LogP contribution is -2.18. The van der Waals surface area contributed by atoms with E-state index in [1.165, 1.54) is 13.2 Å². The van der Waals surface area contributed by atoms with E-state index in [0.717, 1.165) is 17.0 Å². The summed E-state index contributed by atoms with van der Waals surface area (Å²) in [6.45, 7) is 2.53. The Morgan fingerprint density at radius 1 is 1.42 bits per heavy atom. The van der Waals surface area contributed by atoms with E-state index in [-0.39, 0.29) is 5.75 Å². The van der Waals surface area contributed by atoms with Crippen LogP contribution in [0.25, 0.3) is 0 Å². The second kappa shape index (κ2) is 5.22. The molecule has 0 saturated carbocycles. The summed E-state index contributed by atoms with van der Waals surface area (Å²) < 4.78 is 23.7. The minimum atomic E-state index is -0.461. The first kappa shape index (κ1) is 13.3. The zero-order valence-electron chi connectivity index (χ0n) is 11.2. The average Bonchev–Trinajstić information content (AvgIpc) is 2.75. The van der Waals surface area contributed by atoms with Crippen molar-refractivity contribution in [2.75, 3.05) is 24.8 Å². The molecule has 0 amide bonds. The van der Waals surface area contributed by atoms with E-state index in [4.69, 9.17) is 14.9 Å². The molecule has 0 bridgehead atoms. The molecule has 1 aromatic carbocycles. The molecule has 0 radical (unpaired) electrons. The molecular formula is C14H17FN2O2. The first-order valence-corrected chi connectivity index (χ1v) is 5.90. The fourth-order valence-electron chi connectivity index (χ4n) is 1.96. The fourth-order valence-corrected chi connectivity index (χ4v) is 1.96. The summed E-state index contributed by atoms with van der Waals surface area (Å²) in [6.07, 6.45) is 1.65. The molecular weight excluding hydrogens is 247 g/mol. The van der Waals surface area contributed by atoms with E-state index >= 15 is 0 Å². The van der Waals surface area contributed by atoms with E-state index in [1.54, 1.807) is 12.3 Å². The summed E-state index contributed by atoms with van der Waals surface area (Å²) in [5.41, 5.74) is 8.01. The number of nitrogen functional groups attached to an aromatic ring is 1. The Morgan fingerprint density at radius 3 is 2.74 bits per heavy atom. The molecule has 102 valence electrons. The molecule has 0 aliphatic rings. The summed E-state index contributed by atoms with van der Waals surface area (Å²) in [7, 11) is 3.31. The highest BCUT2D eigenvalue weighted by Gasteiger charge is 2.13. The number of nitrogens with zero attached hydrogens (tertiary/aromatic N) is 1. The Hall–Kier alpha value is -2.17. The highest BCUT2D eigenvalue weighted by atomic mass is 19.1. The van der Waals surface area contributed by atoms with Crippen molar-refractivity contribution in [3.05, 3.63) is 41.6 Å². The molecule has 1 aromatic heterocycles. The Kier molecular flexibility index (Phi) is 3.64. The van der Waals surface area contributed by atoms with Gasteiger partial charge in [-0.15, -0.1) is 0 Å². The molecule has 2 aromatic rings. The second-order valence-electron chi connectivity index (χ2n) is 4.40. The lowest BCUT2D eigenvalue weighted by Gasteiger charge is -2.21. The van der Waals surface area contributed by atoms with Gasteiger partial charge < -0.3 is 19.8 Å². The standard InChI is InChI=1S/C14H17FN2O2/c1-9-10(4-5-19-9)8-17(2)13-7-14(18-3)11(15)6-12(13)16/h4-7H,8,16H2,1-3H3. The summed E-state index contributed by atoms with van der Waals surface area (Å²) in [5, 5.41) is 0. The summed E-state index contributed by atoms with van der Waals surface area (Å²) in [5.74, 6) is 0.580.